The van der Waals surface area contributed by atoms with Crippen molar-refractivity contribution in [3.05, 3.63) is 53.3 Å². The van der Waals surface area contributed by atoms with Crippen LogP contribution in [0.25, 0.3) is 0 Å². The minimum absolute atomic E-state index is 0.0297. The number of rotatable bonds is 4. The summed E-state index contributed by atoms with van der Waals surface area (Å²) in [4.78, 5) is -0.335. The molecule has 22 heavy (non-hydrogen) atoms. The second-order valence-corrected chi connectivity index (χ2v) is 8.55. The lowest BCUT2D eigenvalue weighted by molar-refractivity contribution is 0.598. The summed E-state index contributed by atoms with van der Waals surface area (Å²) in [6.45, 7) is 0. The van der Waals surface area contributed by atoms with Crippen molar-refractivity contribution in [2.45, 2.75) is 9.79 Å². The molecule has 5 nitrogen and oxygen atoms in total. The zero-order valence-electron chi connectivity index (χ0n) is 11.2. The summed E-state index contributed by atoms with van der Waals surface area (Å²) in [5, 5.41) is -0.272. The molecule has 0 saturated heterocycles. The van der Waals surface area contributed by atoms with Crippen molar-refractivity contribution in [1.82, 2.24) is 0 Å². The molecule has 0 aliphatic carbocycles. The van der Waals surface area contributed by atoms with Gasteiger partial charge in [0.05, 0.1) is 15.6 Å². The van der Waals surface area contributed by atoms with Crippen LogP contribution in [0.2, 0.25) is 5.02 Å². The molecule has 0 aliphatic rings. The van der Waals surface area contributed by atoms with Gasteiger partial charge in [-0.15, -0.1) is 0 Å². The maximum absolute atomic E-state index is 13.0. The molecule has 0 aromatic heterocycles. The van der Waals surface area contributed by atoms with Crippen molar-refractivity contribution in [2.24, 2.45) is 0 Å². The SMILES string of the molecule is CS(=O)(=O)c1cccc(NS(=O)(=O)c2ccc(F)cc2Cl)c1. The zero-order chi connectivity index (χ0) is 16.5. The fraction of sp³-hybridized carbons (Fsp3) is 0.0769. The average molecular weight is 364 g/mol. The molecule has 118 valence electrons. The first-order valence-electron chi connectivity index (χ1n) is 5.87. The lowest BCUT2D eigenvalue weighted by Crippen LogP contribution is -2.14. The molecule has 2 aromatic carbocycles. The minimum atomic E-state index is -4.07. The van der Waals surface area contributed by atoms with Crippen LogP contribution in [0.4, 0.5) is 10.1 Å². The van der Waals surface area contributed by atoms with Crippen LogP contribution in [0.5, 0.6) is 0 Å². The summed E-state index contributed by atoms with van der Waals surface area (Å²) < 4.78 is 62.6. The number of nitrogens with one attached hydrogen (secondary N) is 1. The highest BCUT2D eigenvalue weighted by Gasteiger charge is 2.19. The number of benzene rings is 2. The van der Waals surface area contributed by atoms with E-state index < -0.39 is 25.7 Å². The number of anilines is 1. The smallest absolute Gasteiger partial charge is 0.263 e. The van der Waals surface area contributed by atoms with E-state index >= 15 is 0 Å². The van der Waals surface area contributed by atoms with Gasteiger partial charge in [-0.1, -0.05) is 17.7 Å². The Bertz CT molecular complexity index is 927. The molecule has 0 saturated carbocycles. The molecule has 0 radical (unpaired) electrons. The topological polar surface area (TPSA) is 80.3 Å². The van der Waals surface area contributed by atoms with E-state index in [1.807, 2.05) is 0 Å². The first kappa shape index (κ1) is 16.7. The Morgan fingerprint density at radius 2 is 1.73 bits per heavy atom. The van der Waals surface area contributed by atoms with E-state index in [0.717, 1.165) is 24.5 Å². The Labute approximate surface area is 132 Å². The van der Waals surface area contributed by atoms with E-state index in [0.29, 0.717) is 0 Å². The first-order valence-corrected chi connectivity index (χ1v) is 9.63. The Kier molecular flexibility index (Phi) is 4.46. The molecule has 0 bridgehead atoms. The summed E-state index contributed by atoms with van der Waals surface area (Å²) in [5.74, 6) is -0.664. The van der Waals surface area contributed by atoms with Crippen LogP contribution < -0.4 is 4.72 Å². The Balaban J connectivity index is 2.41. The standard InChI is InChI=1S/C13H11ClFNO4S2/c1-21(17,18)11-4-2-3-10(8-11)16-22(19,20)13-6-5-9(15)7-12(13)14/h2-8,16H,1H3. The van der Waals surface area contributed by atoms with Crippen molar-refractivity contribution >= 4 is 37.1 Å². The summed E-state index contributed by atoms with van der Waals surface area (Å²) in [6.07, 6.45) is 1.01. The van der Waals surface area contributed by atoms with Crippen molar-refractivity contribution < 1.29 is 21.2 Å². The summed E-state index contributed by atoms with van der Waals surface area (Å²) in [6, 6.07) is 8.20. The van der Waals surface area contributed by atoms with Gasteiger partial charge >= 0.3 is 0 Å². The summed E-state index contributed by atoms with van der Waals surface area (Å²) >= 11 is 5.73. The summed E-state index contributed by atoms with van der Waals surface area (Å²) in [5.41, 5.74) is 0.0586. The van der Waals surface area contributed by atoms with E-state index in [9.17, 15) is 21.2 Å². The first-order chi connectivity index (χ1) is 10.1. The number of sulfonamides is 1. The maximum atomic E-state index is 13.0. The Morgan fingerprint density at radius 3 is 2.32 bits per heavy atom. The highest BCUT2D eigenvalue weighted by Crippen LogP contribution is 2.25. The van der Waals surface area contributed by atoms with Gasteiger partial charge in [0, 0.05) is 6.26 Å². The third-order valence-corrected chi connectivity index (χ3v) is 5.67. The normalized spacial score (nSPS) is 12.1. The van der Waals surface area contributed by atoms with Gasteiger partial charge in [-0.3, -0.25) is 4.72 Å². The van der Waals surface area contributed by atoms with Crippen molar-refractivity contribution in [3.8, 4) is 0 Å². The highest BCUT2D eigenvalue weighted by molar-refractivity contribution is 7.93. The highest BCUT2D eigenvalue weighted by atomic mass is 35.5. The molecule has 0 heterocycles. The van der Waals surface area contributed by atoms with Crippen molar-refractivity contribution in [1.29, 1.82) is 0 Å². The Hall–Kier alpha value is -1.64. The molecule has 2 aromatic rings. The quantitative estimate of drug-likeness (QED) is 0.905. The number of hydrogen-bond acceptors (Lipinski definition) is 4. The third-order valence-electron chi connectivity index (χ3n) is 2.70. The maximum Gasteiger partial charge on any atom is 0.263 e. The molecule has 0 aliphatic heterocycles. The lowest BCUT2D eigenvalue weighted by atomic mass is 10.3. The minimum Gasteiger partial charge on any atom is -0.280 e. The molecule has 9 heteroatoms. The molecule has 2 rings (SSSR count). The molecule has 0 amide bonds. The van der Waals surface area contributed by atoms with Crippen LogP contribution in [0.3, 0.4) is 0 Å². The summed E-state index contributed by atoms with van der Waals surface area (Å²) in [7, 11) is -7.54. The van der Waals surface area contributed by atoms with E-state index in [1.165, 1.54) is 24.3 Å². The van der Waals surface area contributed by atoms with Crippen LogP contribution in [-0.2, 0) is 19.9 Å². The van der Waals surface area contributed by atoms with Crippen molar-refractivity contribution in [3.63, 3.8) is 0 Å². The van der Waals surface area contributed by atoms with Crippen LogP contribution in [0, 0.1) is 5.82 Å². The zero-order valence-corrected chi connectivity index (χ0v) is 13.6. The van der Waals surface area contributed by atoms with E-state index in [1.54, 1.807) is 0 Å². The Morgan fingerprint density at radius 1 is 1.05 bits per heavy atom. The molecule has 1 N–H and O–H groups in total. The monoisotopic (exact) mass is 363 g/mol. The average Bonchev–Trinajstić information content (AvgIpc) is 2.36. The van der Waals surface area contributed by atoms with Gasteiger partial charge in [0.1, 0.15) is 10.7 Å². The van der Waals surface area contributed by atoms with Gasteiger partial charge in [-0.05, 0) is 36.4 Å². The molecule has 0 spiro atoms. The third kappa shape index (κ3) is 3.76. The molecule has 0 atom stereocenters. The predicted octanol–water partition coefficient (Wildman–Crippen LogP) is 2.68. The van der Waals surface area contributed by atoms with Crippen LogP contribution in [0.15, 0.2) is 52.3 Å². The predicted molar refractivity (Wildman–Crippen MR) is 81.8 cm³/mol. The van der Waals surface area contributed by atoms with Gasteiger partial charge in [0.15, 0.2) is 9.84 Å². The number of sulfone groups is 1. The molecular weight excluding hydrogens is 353 g/mol. The van der Waals surface area contributed by atoms with Gasteiger partial charge in [0.2, 0.25) is 0 Å². The number of halogens is 2. The fourth-order valence-corrected chi connectivity index (χ4v) is 3.94. The largest absolute Gasteiger partial charge is 0.280 e. The molecular formula is C13H11ClFNO4S2. The van der Waals surface area contributed by atoms with E-state index in [-0.39, 0.29) is 20.5 Å². The van der Waals surface area contributed by atoms with Crippen LogP contribution >= 0.6 is 11.6 Å². The fourth-order valence-electron chi connectivity index (χ4n) is 1.69. The van der Waals surface area contributed by atoms with Gasteiger partial charge in [0.25, 0.3) is 10.0 Å². The van der Waals surface area contributed by atoms with E-state index in [4.69, 9.17) is 11.6 Å². The molecule has 0 fully saturated rings. The van der Waals surface area contributed by atoms with Crippen LogP contribution in [0.1, 0.15) is 0 Å². The van der Waals surface area contributed by atoms with Gasteiger partial charge < -0.3 is 0 Å². The van der Waals surface area contributed by atoms with Crippen molar-refractivity contribution in [2.75, 3.05) is 11.0 Å². The second-order valence-electron chi connectivity index (χ2n) is 4.48. The molecule has 0 unspecified atom stereocenters. The van der Waals surface area contributed by atoms with Gasteiger partial charge in [-0.25, -0.2) is 21.2 Å². The van der Waals surface area contributed by atoms with E-state index in [2.05, 4.69) is 4.72 Å². The van der Waals surface area contributed by atoms with Crippen LogP contribution in [-0.4, -0.2) is 23.1 Å². The van der Waals surface area contributed by atoms with Gasteiger partial charge in [-0.2, -0.15) is 0 Å². The lowest BCUT2D eigenvalue weighted by Gasteiger charge is -2.10. The second kappa shape index (κ2) is 5.86. The number of hydrogen-bond donors (Lipinski definition) is 1.